The van der Waals surface area contributed by atoms with Gasteiger partial charge < -0.3 is 9.47 Å². The lowest BCUT2D eigenvalue weighted by atomic mass is 10.2. The standard InChI is InChI=1S/C15H17F3O3S2/c1-11(19)21-10-13(9-15(16,17)18)23-14(22)20-8-7-12-5-3-2-4-6-12/h2-6,13H,7-10H2,1H3. The van der Waals surface area contributed by atoms with Crippen LogP contribution in [0.2, 0.25) is 0 Å². The van der Waals surface area contributed by atoms with E-state index in [4.69, 9.17) is 17.0 Å². The van der Waals surface area contributed by atoms with Crippen molar-refractivity contribution >= 4 is 34.3 Å². The van der Waals surface area contributed by atoms with Crippen molar-refractivity contribution in [1.82, 2.24) is 0 Å². The molecule has 0 aliphatic carbocycles. The molecule has 128 valence electrons. The van der Waals surface area contributed by atoms with Gasteiger partial charge in [-0.15, -0.1) is 0 Å². The number of carbonyl (C=O) groups is 1. The topological polar surface area (TPSA) is 35.5 Å². The normalized spacial score (nSPS) is 12.5. The van der Waals surface area contributed by atoms with Crippen LogP contribution in [0.3, 0.4) is 0 Å². The molecule has 0 spiro atoms. The molecule has 1 atom stereocenters. The predicted molar refractivity (Wildman–Crippen MR) is 87.4 cm³/mol. The van der Waals surface area contributed by atoms with Crippen molar-refractivity contribution in [2.24, 2.45) is 0 Å². The van der Waals surface area contributed by atoms with Crippen molar-refractivity contribution in [1.29, 1.82) is 0 Å². The van der Waals surface area contributed by atoms with Crippen LogP contribution in [-0.2, 0) is 20.7 Å². The van der Waals surface area contributed by atoms with Crippen LogP contribution in [0.25, 0.3) is 0 Å². The van der Waals surface area contributed by atoms with Gasteiger partial charge in [-0.25, -0.2) is 0 Å². The minimum Gasteiger partial charge on any atom is -0.478 e. The van der Waals surface area contributed by atoms with Crippen molar-refractivity contribution in [3.05, 3.63) is 35.9 Å². The molecule has 0 heterocycles. The summed E-state index contributed by atoms with van der Waals surface area (Å²) in [5, 5.41) is -1.01. The summed E-state index contributed by atoms with van der Waals surface area (Å²) < 4.78 is 47.5. The minimum atomic E-state index is -4.36. The molecule has 0 radical (unpaired) electrons. The Hall–Kier alpha value is -1.28. The van der Waals surface area contributed by atoms with Crippen LogP contribution in [0.4, 0.5) is 13.2 Å². The van der Waals surface area contributed by atoms with Gasteiger partial charge in [0.15, 0.2) is 0 Å². The maximum Gasteiger partial charge on any atom is 0.390 e. The summed E-state index contributed by atoms with van der Waals surface area (Å²) in [5.41, 5.74) is 1.05. The van der Waals surface area contributed by atoms with Crippen molar-refractivity contribution < 1.29 is 27.4 Å². The zero-order chi connectivity index (χ0) is 17.3. The molecule has 0 N–H and O–H groups in total. The van der Waals surface area contributed by atoms with Gasteiger partial charge in [0.1, 0.15) is 6.61 Å². The van der Waals surface area contributed by atoms with Crippen molar-refractivity contribution in [3.8, 4) is 0 Å². The fourth-order valence-electron chi connectivity index (χ4n) is 1.67. The molecule has 3 nitrogen and oxygen atoms in total. The van der Waals surface area contributed by atoms with E-state index in [9.17, 15) is 18.0 Å². The van der Waals surface area contributed by atoms with E-state index in [1.165, 1.54) is 0 Å². The minimum absolute atomic E-state index is 0.0160. The van der Waals surface area contributed by atoms with Gasteiger partial charge in [0.2, 0.25) is 4.38 Å². The Labute approximate surface area is 142 Å². The lowest BCUT2D eigenvalue weighted by Crippen LogP contribution is -2.24. The molecule has 8 heteroatoms. The van der Waals surface area contributed by atoms with E-state index < -0.39 is 23.8 Å². The number of halogens is 3. The summed E-state index contributed by atoms with van der Waals surface area (Å²) in [5.74, 6) is -0.631. The summed E-state index contributed by atoms with van der Waals surface area (Å²) in [6.07, 6.45) is -4.86. The Bertz CT molecular complexity index is 506. The molecule has 0 bridgehead atoms. The van der Waals surface area contributed by atoms with Gasteiger partial charge in [0, 0.05) is 13.3 Å². The summed E-state index contributed by atoms with van der Waals surface area (Å²) >= 11 is 5.71. The Morgan fingerprint density at radius 1 is 1.26 bits per heavy atom. The average molecular weight is 366 g/mol. The fourth-order valence-corrected chi connectivity index (χ4v) is 2.99. The monoisotopic (exact) mass is 366 g/mol. The molecule has 0 fully saturated rings. The molecular formula is C15H17F3O3S2. The van der Waals surface area contributed by atoms with E-state index in [1.807, 2.05) is 30.3 Å². The first-order valence-electron chi connectivity index (χ1n) is 6.83. The number of hydrogen-bond acceptors (Lipinski definition) is 5. The molecule has 0 saturated carbocycles. The number of hydrogen-bond donors (Lipinski definition) is 0. The molecule has 0 aliphatic heterocycles. The molecule has 0 saturated heterocycles. The number of alkyl halides is 3. The van der Waals surface area contributed by atoms with E-state index in [0.29, 0.717) is 6.42 Å². The van der Waals surface area contributed by atoms with E-state index in [1.54, 1.807) is 0 Å². The second-order valence-electron chi connectivity index (χ2n) is 4.70. The van der Waals surface area contributed by atoms with Crippen LogP contribution in [0.15, 0.2) is 30.3 Å². The summed E-state index contributed by atoms with van der Waals surface area (Å²) in [6.45, 7) is 1.06. The van der Waals surface area contributed by atoms with Crippen LogP contribution < -0.4 is 0 Å². The summed E-state index contributed by atoms with van der Waals surface area (Å²) in [6, 6.07) is 9.52. The third kappa shape index (κ3) is 10.2. The van der Waals surface area contributed by atoms with Gasteiger partial charge in [-0.05, 0) is 17.8 Å². The highest BCUT2D eigenvalue weighted by molar-refractivity contribution is 8.23. The Morgan fingerprint density at radius 3 is 2.48 bits per heavy atom. The van der Waals surface area contributed by atoms with Crippen LogP contribution in [0, 0.1) is 0 Å². The van der Waals surface area contributed by atoms with Gasteiger partial charge in [-0.2, -0.15) is 13.2 Å². The first-order valence-corrected chi connectivity index (χ1v) is 8.12. The molecular weight excluding hydrogens is 349 g/mol. The SMILES string of the molecule is CC(=O)OCC(CC(F)(F)F)SC(=S)OCCc1ccccc1. The number of carbonyl (C=O) groups excluding carboxylic acids is 1. The van der Waals surface area contributed by atoms with Crippen LogP contribution in [0.5, 0.6) is 0 Å². The third-order valence-corrected chi connectivity index (χ3v) is 4.00. The van der Waals surface area contributed by atoms with Gasteiger partial charge >= 0.3 is 12.1 Å². The van der Waals surface area contributed by atoms with Crippen molar-refractivity contribution in [3.63, 3.8) is 0 Å². The van der Waals surface area contributed by atoms with Crippen molar-refractivity contribution in [2.75, 3.05) is 13.2 Å². The third-order valence-electron chi connectivity index (χ3n) is 2.65. The van der Waals surface area contributed by atoms with Crippen molar-refractivity contribution in [2.45, 2.75) is 31.2 Å². The maximum absolute atomic E-state index is 12.5. The number of esters is 1. The molecule has 1 aromatic carbocycles. The van der Waals surface area contributed by atoms with Gasteiger partial charge in [-0.1, -0.05) is 42.1 Å². The Kier molecular flexibility index (Phi) is 8.40. The smallest absolute Gasteiger partial charge is 0.390 e. The van der Waals surface area contributed by atoms with E-state index >= 15 is 0 Å². The maximum atomic E-state index is 12.5. The van der Waals surface area contributed by atoms with Gasteiger partial charge in [-0.3, -0.25) is 4.79 Å². The van der Waals surface area contributed by atoms with E-state index in [0.717, 1.165) is 24.2 Å². The first kappa shape index (κ1) is 19.8. The largest absolute Gasteiger partial charge is 0.478 e. The number of rotatable bonds is 7. The number of benzene rings is 1. The molecule has 1 aromatic rings. The second kappa shape index (κ2) is 9.77. The highest BCUT2D eigenvalue weighted by atomic mass is 32.2. The highest BCUT2D eigenvalue weighted by Gasteiger charge is 2.33. The van der Waals surface area contributed by atoms with Gasteiger partial charge in [0.25, 0.3) is 0 Å². The van der Waals surface area contributed by atoms with E-state index in [2.05, 4.69) is 4.74 Å². The molecule has 0 amide bonds. The Morgan fingerprint density at radius 2 is 1.91 bits per heavy atom. The second-order valence-corrected chi connectivity index (χ2v) is 6.60. The van der Waals surface area contributed by atoms with Gasteiger partial charge in [0.05, 0.1) is 18.3 Å². The molecule has 23 heavy (non-hydrogen) atoms. The van der Waals surface area contributed by atoms with Crippen LogP contribution in [0.1, 0.15) is 18.9 Å². The number of ether oxygens (including phenoxy) is 2. The lowest BCUT2D eigenvalue weighted by molar-refractivity contribution is -0.147. The molecule has 1 unspecified atom stereocenters. The summed E-state index contributed by atoms with van der Waals surface area (Å²) in [7, 11) is 0. The first-order chi connectivity index (χ1) is 10.8. The quantitative estimate of drug-likeness (QED) is 0.535. The molecule has 0 aromatic heterocycles. The number of thioether (sulfide) groups is 1. The average Bonchev–Trinajstić information content (AvgIpc) is 2.44. The van der Waals surface area contributed by atoms with Crippen LogP contribution >= 0.6 is 24.0 Å². The van der Waals surface area contributed by atoms with Crippen LogP contribution in [-0.4, -0.2) is 35.0 Å². The predicted octanol–water partition coefficient (Wildman–Crippen LogP) is 4.15. The van der Waals surface area contributed by atoms with E-state index in [-0.39, 0.29) is 17.6 Å². The summed E-state index contributed by atoms with van der Waals surface area (Å²) in [4.78, 5) is 10.8. The molecule has 0 aliphatic rings. The zero-order valence-corrected chi connectivity index (χ0v) is 14.1. The fraction of sp³-hybridized carbons (Fsp3) is 0.467. The highest BCUT2D eigenvalue weighted by Crippen LogP contribution is 2.29. The number of thiocarbonyl (C=S) groups is 1. The Balaban J connectivity index is 2.40. The lowest BCUT2D eigenvalue weighted by Gasteiger charge is -2.18. The molecule has 1 rings (SSSR count). The zero-order valence-electron chi connectivity index (χ0n) is 12.5.